The number of hydrogen-bond donors (Lipinski definition) is 3. The third-order valence-electron chi connectivity index (χ3n) is 2.88. The van der Waals surface area contributed by atoms with Crippen molar-refractivity contribution in [3.63, 3.8) is 0 Å². The van der Waals surface area contributed by atoms with Gasteiger partial charge in [-0.25, -0.2) is 13.1 Å². The molecule has 0 aliphatic rings. The lowest BCUT2D eigenvalue weighted by atomic mass is 10.1. The van der Waals surface area contributed by atoms with E-state index in [-0.39, 0.29) is 42.2 Å². The molecule has 4 N–H and O–H groups in total. The maximum atomic E-state index is 11.2. The number of hydrogen-bond acceptors (Lipinski definition) is 3. The second kappa shape index (κ2) is 9.21. The van der Waals surface area contributed by atoms with Crippen LogP contribution in [-0.4, -0.2) is 33.2 Å². The third-order valence-corrected chi connectivity index (χ3v) is 4.28. The van der Waals surface area contributed by atoms with E-state index in [0.29, 0.717) is 6.54 Å². The molecule has 1 aromatic carbocycles. The minimum absolute atomic E-state index is 0. The van der Waals surface area contributed by atoms with Crippen LogP contribution in [0.2, 0.25) is 0 Å². The summed E-state index contributed by atoms with van der Waals surface area (Å²) in [6.07, 6.45) is 0. The van der Waals surface area contributed by atoms with Gasteiger partial charge in [-0.15, -0.1) is 24.0 Å². The first-order chi connectivity index (χ1) is 9.34. The summed E-state index contributed by atoms with van der Waals surface area (Å²) in [6.45, 7) is 6.18. The molecule has 21 heavy (non-hydrogen) atoms. The van der Waals surface area contributed by atoms with Crippen LogP contribution in [0.4, 0.5) is 5.69 Å². The number of rotatable bonds is 6. The smallest absolute Gasteiger partial charge is 0.211 e. The van der Waals surface area contributed by atoms with Gasteiger partial charge < -0.3 is 11.1 Å². The molecule has 0 saturated heterocycles. The molecule has 8 heteroatoms. The molecule has 0 aliphatic carbocycles. The van der Waals surface area contributed by atoms with Crippen LogP contribution >= 0.6 is 24.0 Å². The van der Waals surface area contributed by atoms with Crippen molar-refractivity contribution in [2.75, 3.05) is 24.2 Å². The summed E-state index contributed by atoms with van der Waals surface area (Å²) in [5.41, 5.74) is 8.98. The van der Waals surface area contributed by atoms with Crippen LogP contribution in [0.3, 0.4) is 0 Å². The lowest BCUT2D eigenvalue weighted by Crippen LogP contribution is -2.29. The van der Waals surface area contributed by atoms with E-state index in [0.717, 1.165) is 5.69 Å². The third kappa shape index (κ3) is 7.63. The minimum Gasteiger partial charge on any atom is -0.370 e. The number of guanidine groups is 1. The summed E-state index contributed by atoms with van der Waals surface area (Å²) in [6, 6.07) is 5.91. The van der Waals surface area contributed by atoms with Crippen molar-refractivity contribution in [1.29, 1.82) is 0 Å². The van der Waals surface area contributed by atoms with Gasteiger partial charge in [-0.1, -0.05) is 6.07 Å². The monoisotopic (exact) mass is 426 g/mol. The van der Waals surface area contributed by atoms with E-state index in [1.54, 1.807) is 6.92 Å². The first kappa shape index (κ1) is 20.1. The van der Waals surface area contributed by atoms with E-state index in [2.05, 4.69) is 15.0 Å². The summed E-state index contributed by atoms with van der Waals surface area (Å²) in [5, 5.41) is 2.97. The SMILES string of the molecule is CCS(=O)(=O)NCCN=C(N)Nc1ccc(C)c(C)c1.I. The number of aliphatic imine (C=N–C) groups is 1. The molecular formula is C13H23IN4O2S. The quantitative estimate of drug-likeness (QED) is 0.279. The van der Waals surface area contributed by atoms with Gasteiger partial charge in [-0.2, -0.15) is 0 Å². The van der Waals surface area contributed by atoms with Gasteiger partial charge in [0.05, 0.1) is 12.3 Å². The zero-order chi connectivity index (χ0) is 15.2. The molecule has 1 rings (SSSR count). The molecule has 0 aromatic heterocycles. The zero-order valence-corrected chi connectivity index (χ0v) is 15.7. The Hall–Kier alpha value is -0.870. The highest BCUT2D eigenvalue weighted by Crippen LogP contribution is 2.13. The lowest BCUT2D eigenvalue weighted by molar-refractivity contribution is 0.583. The fourth-order valence-electron chi connectivity index (χ4n) is 1.49. The Morgan fingerprint density at radius 2 is 1.95 bits per heavy atom. The second-order valence-electron chi connectivity index (χ2n) is 4.49. The number of nitrogens with one attached hydrogen (secondary N) is 2. The van der Waals surface area contributed by atoms with Crippen molar-refractivity contribution >= 4 is 45.6 Å². The van der Waals surface area contributed by atoms with Gasteiger partial charge in [-0.05, 0) is 44.0 Å². The van der Waals surface area contributed by atoms with Crippen LogP contribution < -0.4 is 15.8 Å². The van der Waals surface area contributed by atoms with Gasteiger partial charge in [-0.3, -0.25) is 4.99 Å². The van der Waals surface area contributed by atoms with Crippen molar-refractivity contribution in [3.8, 4) is 0 Å². The molecule has 0 saturated carbocycles. The molecular weight excluding hydrogens is 403 g/mol. The van der Waals surface area contributed by atoms with Crippen molar-refractivity contribution in [2.24, 2.45) is 10.7 Å². The average Bonchev–Trinajstić information content (AvgIpc) is 2.39. The number of benzene rings is 1. The molecule has 0 aliphatic heterocycles. The lowest BCUT2D eigenvalue weighted by Gasteiger charge is -2.08. The van der Waals surface area contributed by atoms with E-state index in [9.17, 15) is 8.42 Å². The average molecular weight is 426 g/mol. The molecule has 0 atom stereocenters. The fraction of sp³-hybridized carbons (Fsp3) is 0.462. The highest BCUT2D eigenvalue weighted by Gasteiger charge is 2.04. The van der Waals surface area contributed by atoms with Crippen LogP contribution in [0.25, 0.3) is 0 Å². The second-order valence-corrected chi connectivity index (χ2v) is 6.58. The number of halogens is 1. The van der Waals surface area contributed by atoms with Gasteiger partial charge in [0, 0.05) is 12.2 Å². The van der Waals surface area contributed by atoms with Crippen LogP contribution in [0, 0.1) is 13.8 Å². The minimum atomic E-state index is -3.17. The number of sulfonamides is 1. The van der Waals surface area contributed by atoms with Crippen LogP contribution in [0.5, 0.6) is 0 Å². The predicted molar refractivity (Wildman–Crippen MR) is 98.9 cm³/mol. The van der Waals surface area contributed by atoms with Gasteiger partial charge >= 0.3 is 0 Å². The molecule has 0 bridgehead atoms. The normalized spacial score (nSPS) is 11.9. The van der Waals surface area contributed by atoms with Gasteiger partial charge in [0.1, 0.15) is 0 Å². The molecule has 0 heterocycles. The Bertz CT molecular complexity index is 588. The molecule has 0 fully saturated rings. The first-order valence-corrected chi connectivity index (χ1v) is 8.11. The molecule has 0 unspecified atom stereocenters. The fourth-order valence-corrected chi connectivity index (χ4v) is 2.09. The Morgan fingerprint density at radius 1 is 1.29 bits per heavy atom. The summed E-state index contributed by atoms with van der Waals surface area (Å²) in [5.74, 6) is 0.330. The van der Waals surface area contributed by atoms with Crippen molar-refractivity contribution in [1.82, 2.24) is 4.72 Å². The summed E-state index contributed by atoms with van der Waals surface area (Å²) < 4.78 is 24.8. The van der Waals surface area contributed by atoms with Crippen LogP contribution in [0.1, 0.15) is 18.1 Å². The van der Waals surface area contributed by atoms with Gasteiger partial charge in [0.2, 0.25) is 10.0 Å². The van der Waals surface area contributed by atoms with Crippen molar-refractivity contribution in [3.05, 3.63) is 29.3 Å². The summed E-state index contributed by atoms with van der Waals surface area (Å²) >= 11 is 0. The van der Waals surface area contributed by atoms with E-state index < -0.39 is 10.0 Å². The van der Waals surface area contributed by atoms with E-state index in [4.69, 9.17) is 5.73 Å². The van der Waals surface area contributed by atoms with Crippen molar-refractivity contribution in [2.45, 2.75) is 20.8 Å². The summed E-state index contributed by atoms with van der Waals surface area (Å²) in [7, 11) is -3.17. The standard InChI is InChI=1S/C13H22N4O2S.HI/c1-4-20(18,19)16-8-7-15-13(14)17-12-6-5-10(2)11(3)9-12;/h5-6,9,16H,4,7-8H2,1-3H3,(H3,14,15,17);1H. The maximum absolute atomic E-state index is 11.2. The molecule has 1 aromatic rings. The maximum Gasteiger partial charge on any atom is 0.211 e. The number of nitrogens with zero attached hydrogens (tertiary/aromatic N) is 1. The van der Waals surface area contributed by atoms with E-state index in [1.807, 2.05) is 32.0 Å². The highest BCUT2D eigenvalue weighted by atomic mass is 127. The molecule has 120 valence electrons. The Morgan fingerprint density at radius 3 is 2.52 bits per heavy atom. The number of anilines is 1. The predicted octanol–water partition coefficient (Wildman–Crippen LogP) is 1.59. The molecule has 0 radical (unpaired) electrons. The zero-order valence-electron chi connectivity index (χ0n) is 12.5. The van der Waals surface area contributed by atoms with Crippen LogP contribution in [-0.2, 0) is 10.0 Å². The van der Waals surface area contributed by atoms with Crippen molar-refractivity contribution < 1.29 is 8.42 Å². The van der Waals surface area contributed by atoms with Crippen LogP contribution in [0.15, 0.2) is 23.2 Å². The largest absolute Gasteiger partial charge is 0.370 e. The highest BCUT2D eigenvalue weighted by molar-refractivity contribution is 14.0. The Balaban J connectivity index is 0.00000400. The van der Waals surface area contributed by atoms with E-state index in [1.165, 1.54) is 11.1 Å². The van der Waals surface area contributed by atoms with E-state index >= 15 is 0 Å². The summed E-state index contributed by atoms with van der Waals surface area (Å²) in [4.78, 5) is 4.07. The molecule has 6 nitrogen and oxygen atoms in total. The Kier molecular flexibility index (Phi) is 8.83. The topological polar surface area (TPSA) is 96.6 Å². The first-order valence-electron chi connectivity index (χ1n) is 6.45. The number of aryl methyl sites for hydroxylation is 2. The number of nitrogens with two attached hydrogens (primary N) is 1. The van der Waals surface area contributed by atoms with Gasteiger partial charge in [0.15, 0.2) is 5.96 Å². The molecule has 0 amide bonds. The Labute approximate surface area is 143 Å². The molecule has 0 spiro atoms. The van der Waals surface area contributed by atoms with Gasteiger partial charge in [0.25, 0.3) is 0 Å².